The minimum atomic E-state index is -5.85. The Bertz CT molecular complexity index is 495. The van der Waals surface area contributed by atoms with Crippen molar-refractivity contribution in [3.63, 3.8) is 0 Å². The molecule has 0 aromatic heterocycles. The molecule has 0 saturated heterocycles. The number of halogens is 7. The molecule has 1 aromatic rings. The van der Waals surface area contributed by atoms with Gasteiger partial charge < -0.3 is 11.1 Å². The van der Waals surface area contributed by atoms with Gasteiger partial charge in [-0.25, -0.2) is 4.39 Å². The first-order chi connectivity index (χ1) is 8.93. The van der Waals surface area contributed by atoms with Crippen LogP contribution < -0.4 is 11.1 Å². The summed E-state index contributed by atoms with van der Waals surface area (Å²) in [5.41, 5.74) is 4.18. The number of hydrogen-bond donors (Lipinski definition) is 2. The molecular weight excluding hydrogens is 297 g/mol. The minimum Gasteiger partial charge on any atom is -0.399 e. The van der Waals surface area contributed by atoms with Crippen LogP contribution >= 0.6 is 0 Å². The van der Waals surface area contributed by atoms with Crippen LogP contribution in [-0.4, -0.2) is 18.3 Å². The molecule has 0 saturated carbocycles. The lowest BCUT2D eigenvalue weighted by atomic mass is 10.1. The number of nitrogens with one attached hydrogen (secondary N) is 1. The Kier molecular flexibility index (Phi) is 4.15. The summed E-state index contributed by atoms with van der Waals surface area (Å²) >= 11 is 0. The van der Waals surface area contributed by atoms with Crippen molar-refractivity contribution in [3.05, 3.63) is 24.0 Å². The molecule has 0 aliphatic rings. The number of hydrogen-bond acceptors (Lipinski definition) is 2. The smallest absolute Gasteiger partial charge is 0.399 e. The van der Waals surface area contributed by atoms with Gasteiger partial charge in [0, 0.05) is 5.69 Å². The van der Waals surface area contributed by atoms with Crippen LogP contribution in [0.4, 0.5) is 42.1 Å². The van der Waals surface area contributed by atoms with Gasteiger partial charge in [0.15, 0.2) is 0 Å². The van der Waals surface area contributed by atoms with E-state index in [1.54, 1.807) is 0 Å². The average Bonchev–Trinajstić information content (AvgIpc) is 2.18. The molecular formula is C10H7F7N2O. The number of alkyl halides is 6. The van der Waals surface area contributed by atoms with Crippen LogP contribution in [0.3, 0.4) is 0 Å². The first kappa shape index (κ1) is 16.1. The number of rotatable bonds is 2. The highest BCUT2D eigenvalue weighted by molar-refractivity contribution is 5.94. The molecule has 0 radical (unpaired) electrons. The number of benzene rings is 1. The van der Waals surface area contributed by atoms with E-state index in [9.17, 15) is 35.5 Å². The molecule has 3 N–H and O–H groups in total. The number of nitrogens with two attached hydrogens (primary N) is 1. The third-order valence-electron chi connectivity index (χ3n) is 2.17. The number of carbonyl (C=O) groups excluding carboxylic acids is 1. The van der Waals surface area contributed by atoms with Crippen LogP contribution in [0.5, 0.6) is 0 Å². The van der Waals surface area contributed by atoms with Crippen LogP contribution in [0.1, 0.15) is 0 Å². The Morgan fingerprint density at radius 1 is 1.10 bits per heavy atom. The Morgan fingerprint density at radius 2 is 1.60 bits per heavy atom. The molecule has 0 bridgehead atoms. The summed E-state index contributed by atoms with van der Waals surface area (Å²) in [6.07, 6.45) is -11.7. The topological polar surface area (TPSA) is 55.1 Å². The van der Waals surface area contributed by atoms with Gasteiger partial charge in [-0.15, -0.1) is 0 Å². The van der Waals surface area contributed by atoms with Gasteiger partial charge >= 0.3 is 12.4 Å². The summed E-state index contributed by atoms with van der Waals surface area (Å²) in [6, 6.07) is 2.42. The number of carbonyl (C=O) groups is 1. The molecule has 10 heteroatoms. The number of anilines is 2. The fourth-order valence-electron chi connectivity index (χ4n) is 1.33. The Balaban J connectivity index is 3.07. The van der Waals surface area contributed by atoms with Crippen molar-refractivity contribution in [1.82, 2.24) is 0 Å². The van der Waals surface area contributed by atoms with E-state index < -0.39 is 35.7 Å². The van der Waals surface area contributed by atoms with Crippen molar-refractivity contribution in [3.8, 4) is 0 Å². The van der Waals surface area contributed by atoms with Crippen LogP contribution in [0.2, 0.25) is 0 Å². The van der Waals surface area contributed by atoms with Crippen molar-refractivity contribution < 1.29 is 35.5 Å². The average molecular weight is 304 g/mol. The Labute approximate surface area is 107 Å². The van der Waals surface area contributed by atoms with E-state index in [-0.39, 0.29) is 5.69 Å². The van der Waals surface area contributed by atoms with Crippen LogP contribution in [-0.2, 0) is 4.79 Å². The SMILES string of the molecule is Nc1ccc(F)c(NC(=O)C(C(F)(F)F)C(F)(F)F)c1. The molecule has 1 amide bonds. The highest BCUT2D eigenvalue weighted by Gasteiger charge is 2.61. The lowest BCUT2D eigenvalue weighted by Gasteiger charge is -2.22. The predicted molar refractivity (Wildman–Crippen MR) is 55.0 cm³/mol. The molecule has 112 valence electrons. The monoisotopic (exact) mass is 304 g/mol. The molecule has 1 rings (SSSR count). The highest BCUT2D eigenvalue weighted by atomic mass is 19.4. The highest BCUT2D eigenvalue weighted by Crippen LogP contribution is 2.40. The van der Waals surface area contributed by atoms with E-state index in [4.69, 9.17) is 5.73 Å². The van der Waals surface area contributed by atoms with E-state index >= 15 is 0 Å². The first-order valence-electron chi connectivity index (χ1n) is 4.92. The summed E-state index contributed by atoms with van der Waals surface area (Å²) in [6.45, 7) is 0. The second kappa shape index (κ2) is 5.17. The lowest BCUT2D eigenvalue weighted by molar-refractivity contribution is -0.272. The molecule has 1 aromatic carbocycles. The summed E-state index contributed by atoms with van der Waals surface area (Å²) in [5.74, 6) is -7.90. The van der Waals surface area contributed by atoms with Gasteiger partial charge in [0.25, 0.3) is 0 Å². The van der Waals surface area contributed by atoms with Crippen molar-refractivity contribution in [1.29, 1.82) is 0 Å². The maximum absolute atomic E-state index is 13.2. The Hall–Kier alpha value is -2.00. The number of nitrogen functional groups attached to an aromatic ring is 1. The fourth-order valence-corrected chi connectivity index (χ4v) is 1.33. The van der Waals surface area contributed by atoms with E-state index in [0.29, 0.717) is 12.1 Å². The van der Waals surface area contributed by atoms with E-state index in [0.717, 1.165) is 6.07 Å². The maximum atomic E-state index is 13.2. The largest absolute Gasteiger partial charge is 0.409 e. The van der Waals surface area contributed by atoms with Crippen molar-refractivity contribution in [2.45, 2.75) is 12.4 Å². The van der Waals surface area contributed by atoms with Crippen molar-refractivity contribution in [2.75, 3.05) is 11.1 Å². The molecule has 3 nitrogen and oxygen atoms in total. The van der Waals surface area contributed by atoms with Crippen molar-refractivity contribution in [2.24, 2.45) is 5.92 Å². The van der Waals surface area contributed by atoms with Gasteiger partial charge in [-0.2, -0.15) is 26.3 Å². The molecule has 0 aliphatic heterocycles. The quantitative estimate of drug-likeness (QED) is 0.651. The van der Waals surface area contributed by atoms with Crippen LogP contribution in [0.15, 0.2) is 18.2 Å². The molecule has 0 heterocycles. The first-order valence-corrected chi connectivity index (χ1v) is 4.92. The van der Waals surface area contributed by atoms with Gasteiger partial charge in [-0.3, -0.25) is 4.79 Å². The third kappa shape index (κ3) is 3.75. The van der Waals surface area contributed by atoms with Crippen LogP contribution in [0.25, 0.3) is 0 Å². The Morgan fingerprint density at radius 3 is 2.05 bits per heavy atom. The van der Waals surface area contributed by atoms with Gasteiger partial charge in [0.2, 0.25) is 11.8 Å². The van der Waals surface area contributed by atoms with Crippen molar-refractivity contribution >= 4 is 17.3 Å². The van der Waals surface area contributed by atoms with Gasteiger partial charge in [0.05, 0.1) is 5.69 Å². The van der Waals surface area contributed by atoms with Gasteiger partial charge in [0.1, 0.15) is 5.82 Å². The predicted octanol–water partition coefficient (Wildman–Crippen LogP) is 3.09. The fraction of sp³-hybridized carbons (Fsp3) is 0.300. The third-order valence-corrected chi connectivity index (χ3v) is 2.17. The summed E-state index contributed by atoms with van der Waals surface area (Å²) < 4.78 is 86.7. The zero-order valence-corrected chi connectivity index (χ0v) is 9.44. The van der Waals surface area contributed by atoms with Gasteiger partial charge in [-0.1, -0.05) is 0 Å². The normalized spacial score (nSPS) is 12.6. The second-order valence-corrected chi connectivity index (χ2v) is 3.74. The van der Waals surface area contributed by atoms with Gasteiger partial charge in [-0.05, 0) is 18.2 Å². The molecule has 0 aliphatic carbocycles. The van der Waals surface area contributed by atoms with Crippen LogP contribution in [0, 0.1) is 11.7 Å². The lowest BCUT2D eigenvalue weighted by Crippen LogP contribution is -2.45. The summed E-state index contributed by atoms with van der Waals surface area (Å²) in [5, 5.41) is 1.23. The van der Waals surface area contributed by atoms with E-state index in [2.05, 4.69) is 0 Å². The second-order valence-electron chi connectivity index (χ2n) is 3.74. The zero-order chi connectivity index (χ0) is 15.7. The zero-order valence-electron chi connectivity index (χ0n) is 9.44. The molecule has 0 fully saturated rings. The molecule has 0 spiro atoms. The number of amides is 1. The minimum absolute atomic E-state index is 0.141. The molecule has 20 heavy (non-hydrogen) atoms. The van der Waals surface area contributed by atoms with E-state index in [1.807, 2.05) is 0 Å². The molecule has 0 unspecified atom stereocenters. The molecule has 0 atom stereocenters. The summed E-state index contributed by atoms with van der Waals surface area (Å²) in [7, 11) is 0. The maximum Gasteiger partial charge on any atom is 0.409 e. The summed E-state index contributed by atoms with van der Waals surface area (Å²) in [4.78, 5) is 11.1. The van der Waals surface area contributed by atoms with E-state index in [1.165, 1.54) is 5.32 Å². The standard InChI is InChI=1S/C10H7F7N2O/c11-5-2-1-4(18)3-6(5)19-8(20)7(9(12,13)14)10(15,16)17/h1-3,7H,18H2,(H,19,20).